The van der Waals surface area contributed by atoms with Crippen molar-refractivity contribution in [1.29, 1.82) is 0 Å². The summed E-state index contributed by atoms with van der Waals surface area (Å²) in [6.45, 7) is 12.8. The molecule has 0 bridgehead atoms. The van der Waals surface area contributed by atoms with Crippen molar-refractivity contribution in [2.45, 2.75) is 95.6 Å². The standard InChI is InChI=1S/C43H48F2N6O6Si/c1-26-48-41(50-57-26)40-46-23-34(24-47-40)56-32-13-9-28(10-14-32)43(2,3)27-7-11-31(12-8-27)55-33-19-29(20-33)49-30-21-36(44)39(37(45)22-30)35-15-16-38(52)51(42(35)53)25-54-17-18-58(4,5)6/h7-14,21-24,29,33,35,49H,15-20,25H2,1-6H3. The summed E-state index contributed by atoms with van der Waals surface area (Å²) in [7, 11) is -1.36. The Balaban J connectivity index is 0.886. The van der Waals surface area contributed by atoms with Gasteiger partial charge in [0.25, 0.3) is 0 Å². The third-order valence-corrected chi connectivity index (χ3v) is 12.4. The minimum atomic E-state index is -1.36. The average molecular weight is 811 g/mol. The van der Waals surface area contributed by atoms with Crippen LogP contribution in [0.3, 0.4) is 0 Å². The van der Waals surface area contributed by atoms with Crippen LogP contribution in [0.15, 0.2) is 77.6 Å². The number of carbonyl (C=O) groups excluding carboxylic acids is 2. The van der Waals surface area contributed by atoms with Crippen molar-refractivity contribution in [1.82, 2.24) is 25.0 Å². The van der Waals surface area contributed by atoms with E-state index in [1.165, 1.54) is 12.1 Å². The van der Waals surface area contributed by atoms with Gasteiger partial charge in [-0.3, -0.25) is 14.5 Å². The monoisotopic (exact) mass is 810 g/mol. The molecule has 12 nitrogen and oxygen atoms in total. The van der Waals surface area contributed by atoms with Gasteiger partial charge in [0.1, 0.15) is 36.0 Å². The van der Waals surface area contributed by atoms with Gasteiger partial charge in [0.05, 0.1) is 18.3 Å². The Hall–Kier alpha value is -5.54. The molecule has 15 heteroatoms. The number of hydrogen-bond acceptors (Lipinski definition) is 11. The average Bonchev–Trinajstić information content (AvgIpc) is 3.60. The first kappa shape index (κ1) is 40.6. The summed E-state index contributed by atoms with van der Waals surface area (Å²) in [6.07, 6.45) is 4.43. The fraction of sp³-hybridized carbons (Fsp3) is 0.395. The molecule has 58 heavy (non-hydrogen) atoms. The predicted octanol–water partition coefficient (Wildman–Crippen LogP) is 8.80. The molecule has 1 aliphatic carbocycles. The predicted molar refractivity (Wildman–Crippen MR) is 215 cm³/mol. The Labute approximate surface area is 337 Å². The third kappa shape index (κ3) is 9.42. The van der Waals surface area contributed by atoms with Crippen LogP contribution in [0.2, 0.25) is 25.7 Å². The van der Waals surface area contributed by atoms with Crippen molar-refractivity contribution < 1.29 is 37.1 Å². The van der Waals surface area contributed by atoms with Gasteiger partial charge in [-0.15, -0.1) is 0 Å². The third-order valence-electron chi connectivity index (χ3n) is 10.7. The van der Waals surface area contributed by atoms with E-state index in [4.69, 9.17) is 18.7 Å². The van der Waals surface area contributed by atoms with Crippen molar-refractivity contribution in [3.63, 3.8) is 0 Å². The molecule has 0 spiro atoms. The highest BCUT2D eigenvalue weighted by atomic mass is 28.3. The van der Waals surface area contributed by atoms with Crippen molar-refractivity contribution in [2.24, 2.45) is 0 Å². The molecule has 1 saturated carbocycles. The number of rotatable bonds is 15. The highest BCUT2D eigenvalue weighted by molar-refractivity contribution is 6.76. The minimum absolute atomic E-state index is 0.0137. The lowest BCUT2D eigenvalue weighted by Crippen LogP contribution is -2.46. The van der Waals surface area contributed by atoms with E-state index in [0.717, 1.165) is 27.8 Å². The molecular formula is C43H48F2N6O6Si. The maximum Gasteiger partial charge on any atom is 0.240 e. The fourth-order valence-corrected chi connectivity index (χ4v) is 7.81. The number of carbonyl (C=O) groups is 2. The van der Waals surface area contributed by atoms with Crippen LogP contribution in [-0.4, -0.2) is 70.4 Å². The van der Waals surface area contributed by atoms with Gasteiger partial charge in [-0.25, -0.2) is 18.7 Å². The number of amides is 2. The zero-order chi connectivity index (χ0) is 41.2. The Bertz CT molecular complexity index is 2220. The fourth-order valence-electron chi connectivity index (χ4n) is 7.05. The molecule has 1 unspecified atom stereocenters. The van der Waals surface area contributed by atoms with Gasteiger partial charge in [-0.05, 0) is 60.0 Å². The van der Waals surface area contributed by atoms with Crippen molar-refractivity contribution in [3.05, 3.63) is 107 Å². The molecule has 1 N–H and O–H groups in total. The van der Waals surface area contributed by atoms with Gasteiger partial charge in [0, 0.05) is 63.6 Å². The molecule has 1 aliphatic heterocycles. The van der Waals surface area contributed by atoms with E-state index in [2.05, 4.69) is 71.0 Å². The molecular weight excluding hydrogens is 763 g/mol. The smallest absolute Gasteiger partial charge is 0.240 e. The molecule has 3 heterocycles. The van der Waals surface area contributed by atoms with Crippen LogP contribution >= 0.6 is 0 Å². The van der Waals surface area contributed by atoms with Crippen LogP contribution in [0.25, 0.3) is 11.6 Å². The minimum Gasteiger partial charge on any atom is -0.490 e. The molecule has 7 rings (SSSR count). The van der Waals surface area contributed by atoms with Gasteiger partial charge in [0.2, 0.25) is 29.4 Å². The number of hydrogen-bond donors (Lipinski definition) is 1. The van der Waals surface area contributed by atoms with Gasteiger partial charge in [-0.2, -0.15) is 4.98 Å². The molecule has 5 aromatic rings. The molecule has 2 amide bonds. The molecule has 2 aromatic heterocycles. The molecule has 2 aliphatic rings. The largest absolute Gasteiger partial charge is 0.490 e. The second-order valence-corrected chi connectivity index (χ2v) is 22.3. The lowest BCUT2D eigenvalue weighted by molar-refractivity contribution is -0.155. The summed E-state index contributed by atoms with van der Waals surface area (Å²) >= 11 is 0. The number of aryl methyl sites for hydroxylation is 1. The summed E-state index contributed by atoms with van der Waals surface area (Å²) in [6, 6.07) is 19.2. The number of likely N-dealkylation sites (tertiary alicyclic amines) is 1. The first-order valence-corrected chi connectivity index (χ1v) is 23.2. The second kappa shape index (κ2) is 16.7. The van der Waals surface area contributed by atoms with Crippen LogP contribution in [0, 0.1) is 18.6 Å². The van der Waals surface area contributed by atoms with E-state index in [0.29, 0.717) is 54.2 Å². The number of aromatic nitrogens is 4. The van der Waals surface area contributed by atoms with Crippen molar-refractivity contribution in [3.8, 4) is 28.9 Å². The molecule has 1 saturated heterocycles. The van der Waals surface area contributed by atoms with Gasteiger partial charge in [0.15, 0.2) is 5.75 Å². The Morgan fingerprint density at radius 3 is 2.10 bits per heavy atom. The topological polar surface area (TPSA) is 142 Å². The molecule has 3 aromatic carbocycles. The van der Waals surface area contributed by atoms with Crippen LogP contribution in [0.5, 0.6) is 17.2 Å². The summed E-state index contributed by atoms with van der Waals surface area (Å²) in [5.74, 6) is -0.790. The SMILES string of the molecule is Cc1nc(-c2ncc(Oc3ccc(C(C)(C)c4ccc(OC5CC(Nc6cc(F)c(C7CCC(=O)N(COCC[Si](C)(C)C)C7=O)c(F)c6)C5)cc4)cc3)cn2)no1. The van der Waals surface area contributed by atoms with Gasteiger partial charge < -0.3 is 24.1 Å². The number of nitrogens with one attached hydrogen (secondary N) is 1. The quantitative estimate of drug-likeness (QED) is 0.0616. The lowest BCUT2D eigenvalue weighted by Gasteiger charge is -2.37. The Morgan fingerprint density at radius 2 is 1.52 bits per heavy atom. The number of halogens is 2. The van der Waals surface area contributed by atoms with Crippen molar-refractivity contribution in [2.75, 3.05) is 18.7 Å². The van der Waals surface area contributed by atoms with Crippen LogP contribution in [-0.2, 0) is 19.7 Å². The van der Waals surface area contributed by atoms with E-state index < -0.39 is 37.4 Å². The summed E-state index contributed by atoms with van der Waals surface area (Å²) in [5.41, 5.74) is 1.88. The van der Waals surface area contributed by atoms with E-state index in [9.17, 15) is 9.59 Å². The second-order valence-electron chi connectivity index (χ2n) is 16.7. The number of nitrogens with zero attached hydrogens (tertiary/aromatic N) is 5. The normalized spacial score (nSPS) is 18.6. The van der Waals surface area contributed by atoms with Crippen LogP contribution < -0.4 is 14.8 Å². The van der Waals surface area contributed by atoms with Gasteiger partial charge in [-0.1, -0.05) is 62.9 Å². The number of ether oxygens (including phenoxy) is 3. The number of piperidine rings is 1. The molecule has 304 valence electrons. The maximum absolute atomic E-state index is 15.4. The first-order chi connectivity index (χ1) is 27.6. The lowest BCUT2D eigenvalue weighted by atomic mass is 9.78. The highest BCUT2D eigenvalue weighted by Crippen LogP contribution is 2.37. The number of anilines is 1. The number of imide groups is 1. The molecule has 2 fully saturated rings. The van der Waals surface area contributed by atoms with Crippen LogP contribution in [0.1, 0.15) is 68.0 Å². The highest BCUT2D eigenvalue weighted by Gasteiger charge is 2.39. The van der Waals surface area contributed by atoms with E-state index in [1.54, 1.807) is 19.3 Å². The summed E-state index contributed by atoms with van der Waals surface area (Å²) in [5, 5.41) is 7.04. The van der Waals surface area contributed by atoms with Crippen LogP contribution in [0.4, 0.5) is 14.5 Å². The van der Waals surface area contributed by atoms with E-state index in [1.807, 2.05) is 36.4 Å². The Kier molecular flexibility index (Phi) is 11.7. The molecule has 0 radical (unpaired) electrons. The Morgan fingerprint density at radius 1 is 0.897 bits per heavy atom. The first-order valence-electron chi connectivity index (χ1n) is 19.5. The van der Waals surface area contributed by atoms with E-state index >= 15 is 8.78 Å². The molecule has 1 atom stereocenters. The maximum atomic E-state index is 15.4. The zero-order valence-corrected chi connectivity index (χ0v) is 34.6. The van der Waals surface area contributed by atoms with Crippen molar-refractivity contribution >= 4 is 25.6 Å². The summed E-state index contributed by atoms with van der Waals surface area (Å²) < 4.78 is 53.7. The summed E-state index contributed by atoms with van der Waals surface area (Å²) in [4.78, 5) is 39.4. The van der Waals surface area contributed by atoms with E-state index in [-0.39, 0.29) is 42.7 Å². The number of benzene rings is 3. The zero-order valence-electron chi connectivity index (χ0n) is 33.6. The van der Waals surface area contributed by atoms with Gasteiger partial charge >= 0.3 is 0 Å².